The summed E-state index contributed by atoms with van der Waals surface area (Å²) in [5.74, 6) is 2.67. The summed E-state index contributed by atoms with van der Waals surface area (Å²) in [5, 5.41) is 3.52. The quantitative estimate of drug-likeness (QED) is 0.755. The largest absolute Gasteiger partial charge is 0.363 e. The van der Waals surface area contributed by atoms with Crippen LogP contribution in [0.5, 0.6) is 0 Å². The number of rotatable bonds is 4. The monoisotopic (exact) mass is 344 g/mol. The minimum absolute atomic E-state index is 0.195. The van der Waals surface area contributed by atoms with Crippen LogP contribution in [0.25, 0.3) is 0 Å². The Hall–Kier alpha value is -2.88. The fourth-order valence-electron chi connectivity index (χ4n) is 3.53. The Kier molecular flexibility index (Phi) is 4.57. The number of fused-ring (bicyclic) bond motifs is 1. The number of anilines is 2. The highest BCUT2D eigenvalue weighted by molar-refractivity contribution is 5.52. The van der Waals surface area contributed by atoms with Crippen LogP contribution in [0.15, 0.2) is 60.7 Å². The van der Waals surface area contributed by atoms with Crippen molar-refractivity contribution in [1.82, 2.24) is 9.97 Å². The van der Waals surface area contributed by atoms with Crippen molar-refractivity contribution in [1.29, 1.82) is 0 Å². The molecule has 1 atom stereocenters. The average Bonchev–Trinajstić information content (AvgIpc) is 2.68. The molecular formula is C22H24N4. The van der Waals surface area contributed by atoms with Crippen molar-refractivity contribution < 1.29 is 0 Å². The van der Waals surface area contributed by atoms with Crippen LogP contribution in [0, 0.1) is 6.92 Å². The highest BCUT2D eigenvalue weighted by atomic mass is 15.2. The van der Waals surface area contributed by atoms with Crippen LogP contribution in [0.3, 0.4) is 0 Å². The van der Waals surface area contributed by atoms with Crippen molar-refractivity contribution in [2.45, 2.75) is 32.9 Å². The predicted molar refractivity (Wildman–Crippen MR) is 106 cm³/mol. The molecule has 2 heterocycles. The van der Waals surface area contributed by atoms with E-state index in [-0.39, 0.29) is 6.04 Å². The van der Waals surface area contributed by atoms with Crippen molar-refractivity contribution in [3.8, 4) is 0 Å². The van der Waals surface area contributed by atoms with Crippen LogP contribution in [0.2, 0.25) is 0 Å². The van der Waals surface area contributed by atoms with E-state index in [1.165, 1.54) is 16.7 Å². The topological polar surface area (TPSA) is 41.1 Å². The average molecular weight is 344 g/mol. The lowest BCUT2D eigenvalue weighted by atomic mass is 10.00. The number of aryl methyl sites for hydroxylation is 1. The molecule has 0 fully saturated rings. The van der Waals surface area contributed by atoms with Gasteiger partial charge in [0.15, 0.2) is 0 Å². The lowest BCUT2D eigenvalue weighted by molar-refractivity contribution is 0.716. The molecular weight excluding hydrogens is 320 g/mol. The highest BCUT2D eigenvalue weighted by Gasteiger charge is 2.18. The fourth-order valence-corrected chi connectivity index (χ4v) is 3.53. The zero-order valence-electron chi connectivity index (χ0n) is 15.3. The minimum Gasteiger partial charge on any atom is -0.363 e. The van der Waals surface area contributed by atoms with Gasteiger partial charge >= 0.3 is 0 Å². The van der Waals surface area contributed by atoms with Crippen molar-refractivity contribution in [2.75, 3.05) is 16.8 Å². The van der Waals surface area contributed by atoms with Gasteiger partial charge in [-0.15, -0.1) is 0 Å². The third-order valence-corrected chi connectivity index (χ3v) is 4.94. The van der Waals surface area contributed by atoms with Crippen molar-refractivity contribution in [3.05, 3.63) is 83.2 Å². The summed E-state index contributed by atoms with van der Waals surface area (Å²) < 4.78 is 0. The van der Waals surface area contributed by atoms with Crippen LogP contribution in [0.1, 0.15) is 35.5 Å². The Morgan fingerprint density at radius 1 is 0.962 bits per heavy atom. The van der Waals surface area contributed by atoms with Crippen LogP contribution in [-0.2, 0) is 13.0 Å². The molecule has 0 saturated heterocycles. The molecule has 4 nitrogen and oxygen atoms in total. The Morgan fingerprint density at radius 3 is 2.50 bits per heavy atom. The molecule has 1 unspecified atom stereocenters. The van der Waals surface area contributed by atoms with Crippen molar-refractivity contribution >= 4 is 11.6 Å². The summed E-state index contributed by atoms with van der Waals surface area (Å²) in [7, 11) is 0. The molecule has 1 aliphatic heterocycles. The van der Waals surface area contributed by atoms with Gasteiger partial charge in [0.05, 0.1) is 0 Å². The van der Waals surface area contributed by atoms with Gasteiger partial charge in [0.2, 0.25) is 0 Å². The maximum absolute atomic E-state index is 4.69. The van der Waals surface area contributed by atoms with Crippen molar-refractivity contribution in [2.24, 2.45) is 0 Å². The first-order chi connectivity index (χ1) is 12.7. The van der Waals surface area contributed by atoms with Gasteiger partial charge in [-0.3, -0.25) is 0 Å². The Morgan fingerprint density at radius 2 is 1.69 bits per heavy atom. The van der Waals surface area contributed by atoms with Gasteiger partial charge in [0.25, 0.3) is 0 Å². The molecule has 0 aliphatic carbocycles. The second-order valence-electron chi connectivity index (χ2n) is 6.88. The van der Waals surface area contributed by atoms with Crippen molar-refractivity contribution in [3.63, 3.8) is 0 Å². The Bertz CT molecular complexity index is 892. The molecule has 1 aliphatic rings. The molecule has 132 valence electrons. The Labute approximate surface area is 154 Å². The fraction of sp³-hybridized carbons (Fsp3) is 0.273. The third-order valence-electron chi connectivity index (χ3n) is 4.94. The number of nitrogens with zero attached hydrogens (tertiary/aromatic N) is 3. The lowest BCUT2D eigenvalue weighted by Crippen LogP contribution is -2.31. The summed E-state index contributed by atoms with van der Waals surface area (Å²) in [6.45, 7) is 6.00. The molecule has 1 N–H and O–H groups in total. The predicted octanol–water partition coefficient (Wildman–Crippen LogP) is 4.52. The van der Waals surface area contributed by atoms with Gasteiger partial charge in [-0.25, -0.2) is 9.97 Å². The third kappa shape index (κ3) is 3.54. The first-order valence-corrected chi connectivity index (χ1v) is 9.18. The van der Waals surface area contributed by atoms with Gasteiger partial charge < -0.3 is 10.2 Å². The second-order valence-corrected chi connectivity index (χ2v) is 6.88. The summed E-state index contributed by atoms with van der Waals surface area (Å²) >= 11 is 0. The lowest BCUT2D eigenvalue weighted by Gasteiger charge is -2.30. The van der Waals surface area contributed by atoms with E-state index in [0.717, 1.165) is 37.0 Å². The normalized spacial score (nSPS) is 14.6. The summed E-state index contributed by atoms with van der Waals surface area (Å²) in [6, 6.07) is 21.4. The van der Waals surface area contributed by atoms with Gasteiger partial charge in [-0.05, 0) is 37.0 Å². The molecule has 0 radical (unpaired) electrons. The minimum atomic E-state index is 0.195. The summed E-state index contributed by atoms with van der Waals surface area (Å²) in [6.07, 6.45) is 1.06. The van der Waals surface area contributed by atoms with E-state index in [4.69, 9.17) is 0 Å². The molecule has 0 spiro atoms. The van der Waals surface area contributed by atoms with Crippen LogP contribution < -0.4 is 10.2 Å². The van der Waals surface area contributed by atoms with E-state index in [2.05, 4.69) is 81.7 Å². The molecule has 2 aromatic carbocycles. The van der Waals surface area contributed by atoms with E-state index in [9.17, 15) is 0 Å². The first kappa shape index (κ1) is 16.6. The molecule has 0 amide bonds. The highest BCUT2D eigenvalue weighted by Crippen LogP contribution is 2.26. The number of nitrogens with one attached hydrogen (secondary N) is 1. The van der Waals surface area contributed by atoms with Gasteiger partial charge in [0, 0.05) is 25.2 Å². The number of hydrogen-bond donors (Lipinski definition) is 1. The van der Waals surface area contributed by atoms with Gasteiger partial charge in [-0.1, -0.05) is 54.6 Å². The summed E-state index contributed by atoms with van der Waals surface area (Å²) in [5.41, 5.74) is 4.09. The maximum atomic E-state index is 4.69. The molecule has 1 aromatic heterocycles. The molecule has 4 heteroatoms. The second kappa shape index (κ2) is 7.16. The first-order valence-electron chi connectivity index (χ1n) is 9.18. The molecule has 0 bridgehead atoms. The van der Waals surface area contributed by atoms with Gasteiger partial charge in [0.1, 0.15) is 17.5 Å². The van der Waals surface area contributed by atoms with Crippen LogP contribution in [-0.4, -0.2) is 16.5 Å². The summed E-state index contributed by atoms with van der Waals surface area (Å²) in [4.78, 5) is 11.6. The smallest absolute Gasteiger partial charge is 0.134 e. The van der Waals surface area contributed by atoms with Crippen LogP contribution >= 0.6 is 0 Å². The van der Waals surface area contributed by atoms with E-state index < -0.39 is 0 Å². The van der Waals surface area contributed by atoms with E-state index in [1.54, 1.807) is 0 Å². The Balaban J connectivity index is 1.55. The molecule has 0 saturated carbocycles. The molecule has 26 heavy (non-hydrogen) atoms. The zero-order chi connectivity index (χ0) is 17.9. The number of benzene rings is 2. The maximum Gasteiger partial charge on any atom is 0.134 e. The van der Waals surface area contributed by atoms with E-state index in [0.29, 0.717) is 0 Å². The van der Waals surface area contributed by atoms with E-state index in [1.807, 2.05) is 13.0 Å². The standard InChI is InChI=1S/C22H24N4/c1-16(18-8-4-3-5-9-18)23-21-14-22(25-17(2)24-21)26-13-12-19-10-6-7-11-20(19)15-26/h3-11,14,16H,12-13,15H2,1-2H3,(H,23,24,25). The number of hydrogen-bond acceptors (Lipinski definition) is 4. The van der Waals surface area contributed by atoms with Gasteiger partial charge in [-0.2, -0.15) is 0 Å². The van der Waals surface area contributed by atoms with Crippen LogP contribution in [0.4, 0.5) is 11.6 Å². The van der Waals surface area contributed by atoms with E-state index >= 15 is 0 Å². The molecule has 4 rings (SSSR count). The molecule has 3 aromatic rings. The SMILES string of the molecule is Cc1nc(NC(C)c2ccccc2)cc(N2CCc3ccccc3C2)n1. The zero-order valence-corrected chi connectivity index (χ0v) is 15.3. The number of aromatic nitrogens is 2.